The van der Waals surface area contributed by atoms with Crippen LogP contribution >= 0.6 is 0 Å². The quantitative estimate of drug-likeness (QED) is 0.872. The second kappa shape index (κ2) is 6.06. The fraction of sp³-hybridized carbons (Fsp3) is 0.647. The Bertz CT molecular complexity index is 386. The van der Waals surface area contributed by atoms with Gasteiger partial charge in [-0.1, -0.05) is 50.1 Å². The van der Waals surface area contributed by atoms with Gasteiger partial charge in [0.05, 0.1) is 0 Å². The van der Waals surface area contributed by atoms with Gasteiger partial charge in [-0.25, -0.2) is 0 Å². The highest BCUT2D eigenvalue weighted by atomic mass is 15.2. The number of rotatable bonds is 5. The Hall–Kier alpha value is -0.860. The van der Waals surface area contributed by atoms with E-state index in [1.807, 2.05) is 0 Å². The van der Waals surface area contributed by atoms with Crippen molar-refractivity contribution in [3.63, 3.8) is 0 Å². The molecule has 1 aromatic rings. The zero-order valence-electron chi connectivity index (χ0n) is 12.0. The number of benzene rings is 1. The molecule has 1 heterocycles. The molecule has 2 fully saturated rings. The first-order valence-electron chi connectivity index (χ1n) is 7.89. The van der Waals surface area contributed by atoms with E-state index in [1.165, 1.54) is 44.3 Å². The van der Waals surface area contributed by atoms with E-state index in [0.717, 1.165) is 18.5 Å². The molecule has 0 spiro atoms. The highest BCUT2D eigenvalue weighted by Gasteiger charge is 2.29. The standard InChI is InChI=1S/C17H26N2/c1-2-16-12-18-17(15-6-4-3-5-7-15)13-19(16)11-10-14-8-9-14/h3-7,14,16-18H,2,8-13H2,1H3. The lowest BCUT2D eigenvalue weighted by atomic mass is 10.0. The van der Waals surface area contributed by atoms with Gasteiger partial charge in [-0.05, 0) is 30.9 Å². The molecule has 2 nitrogen and oxygen atoms in total. The third kappa shape index (κ3) is 3.37. The minimum Gasteiger partial charge on any atom is -0.307 e. The molecule has 104 valence electrons. The molecule has 1 N–H and O–H groups in total. The van der Waals surface area contributed by atoms with E-state index in [-0.39, 0.29) is 0 Å². The van der Waals surface area contributed by atoms with Crippen LogP contribution in [-0.2, 0) is 0 Å². The Kier molecular flexibility index (Phi) is 4.19. The number of nitrogens with zero attached hydrogens (tertiary/aromatic N) is 1. The smallest absolute Gasteiger partial charge is 0.0449 e. The fourth-order valence-electron chi connectivity index (χ4n) is 3.20. The molecular formula is C17H26N2. The van der Waals surface area contributed by atoms with Crippen LogP contribution in [-0.4, -0.2) is 30.6 Å². The predicted octanol–water partition coefficient (Wildman–Crippen LogP) is 3.21. The number of hydrogen-bond acceptors (Lipinski definition) is 2. The fourth-order valence-corrected chi connectivity index (χ4v) is 3.20. The van der Waals surface area contributed by atoms with Gasteiger partial charge in [-0.3, -0.25) is 4.90 Å². The summed E-state index contributed by atoms with van der Waals surface area (Å²) in [5.41, 5.74) is 1.44. The SMILES string of the molecule is CCC1CNC(c2ccccc2)CN1CCC1CC1. The maximum absolute atomic E-state index is 3.73. The topological polar surface area (TPSA) is 15.3 Å². The van der Waals surface area contributed by atoms with E-state index in [2.05, 4.69) is 47.5 Å². The van der Waals surface area contributed by atoms with Crippen LogP contribution in [0.5, 0.6) is 0 Å². The summed E-state index contributed by atoms with van der Waals surface area (Å²) < 4.78 is 0. The van der Waals surface area contributed by atoms with Crippen LogP contribution < -0.4 is 5.32 Å². The second-order valence-corrected chi connectivity index (χ2v) is 6.16. The lowest BCUT2D eigenvalue weighted by molar-refractivity contribution is 0.123. The van der Waals surface area contributed by atoms with Crippen molar-refractivity contribution in [2.75, 3.05) is 19.6 Å². The summed E-state index contributed by atoms with van der Waals surface area (Å²) in [5.74, 6) is 1.04. The van der Waals surface area contributed by atoms with E-state index in [4.69, 9.17) is 0 Å². The molecule has 1 aliphatic carbocycles. The van der Waals surface area contributed by atoms with Crippen molar-refractivity contribution in [2.45, 2.75) is 44.7 Å². The van der Waals surface area contributed by atoms with Crippen LogP contribution in [0.2, 0.25) is 0 Å². The molecule has 2 atom stereocenters. The van der Waals surface area contributed by atoms with E-state index < -0.39 is 0 Å². The van der Waals surface area contributed by atoms with Crippen LogP contribution in [0.3, 0.4) is 0 Å². The van der Waals surface area contributed by atoms with Crippen LogP contribution in [0.15, 0.2) is 30.3 Å². The third-order valence-electron chi connectivity index (χ3n) is 4.73. The van der Waals surface area contributed by atoms with E-state index in [1.54, 1.807) is 0 Å². The molecule has 19 heavy (non-hydrogen) atoms. The predicted molar refractivity (Wildman–Crippen MR) is 80.2 cm³/mol. The normalized spacial score (nSPS) is 28.5. The molecule has 2 heteroatoms. The average Bonchev–Trinajstić information content (AvgIpc) is 3.30. The number of hydrogen-bond donors (Lipinski definition) is 1. The van der Waals surface area contributed by atoms with Crippen molar-refractivity contribution in [1.82, 2.24) is 10.2 Å². The molecule has 2 unspecified atom stereocenters. The summed E-state index contributed by atoms with van der Waals surface area (Å²) in [6.45, 7) is 5.93. The highest BCUT2D eigenvalue weighted by Crippen LogP contribution is 2.33. The van der Waals surface area contributed by atoms with Gasteiger partial charge in [0.1, 0.15) is 0 Å². The molecule has 3 rings (SSSR count). The zero-order chi connectivity index (χ0) is 13.1. The van der Waals surface area contributed by atoms with Crippen molar-refractivity contribution in [1.29, 1.82) is 0 Å². The van der Waals surface area contributed by atoms with Crippen molar-refractivity contribution in [2.24, 2.45) is 5.92 Å². The van der Waals surface area contributed by atoms with Crippen molar-refractivity contribution in [3.05, 3.63) is 35.9 Å². The molecule has 1 saturated heterocycles. The number of nitrogens with one attached hydrogen (secondary N) is 1. The Balaban J connectivity index is 1.62. The Labute approximate surface area is 117 Å². The van der Waals surface area contributed by atoms with Crippen molar-refractivity contribution >= 4 is 0 Å². The summed E-state index contributed by atoms with van der Waals surface area (Å²) in [4.78, 5) is 2.73. The molecule has 2 aliphatic rings. The van der Waals surface area contributed by atoms with Crippen LogP contribution in [0.25, 0.3) is 0 Å². The first-order chi connectivity index (χ1) is 9.36. The van der Waals surface area contributed by atoms with Crippen molar-refractivity contribution in [3.8, 4) is 0 Å². The molecule has 0 amide bonds. The first-order valence-corrected chi connectivity index (χ1v) is 7.89. The Morgan fingerprint density at radius 3 is 2.68 bits per heavy atom. The highest BCUT2D eigenvalue weighted by molar-refractivity contribution is 5.20. The summed E-state index contributed by atoms with van der Waals surface area (Å²) in [6, 6.07) is 12.2. The minimum absolute atomic E-state index is 0.517. The second-order valence-electron chi connectivity index (χ2n) is 6.16. The average molecular weight is 258 g/mol. The van der Waals surface area contributed by atoms with E-state index in [0.29, 0.717) is 6.04 Å². The van der Waals surface area contributed by atoms with Gasteiger partial charge in [0.2, 0.25) is 0 Å². The summed E-state index contributed by atoms with van der Waals surface area (Å²) in [7, 11) is 0. The van der Waals surface area contributed by atoms with Crippen molar-refractivity contribution < 1.29 is 0 Å². The third-order valence-corrected chi connectivity index (χ3v) is 4.73. The van der Waals surface area contributed by atoms with Gasteiger partial charge < -0.3 is 5.32 Å². The maximum atomic E-state index is 3.73. The van der Waals surface area contributed by atoms with Crippen LogP contribution in [0.1, 0.15) is 44.2 Å². The lowest BCUT2D eigenvalue weighted by Crippen LogP contribution is -2.52. The van der Waals surface area contributed by atoms with Crippen LogP contribution in [0, 0.1) is 5.92 Å². The maximum Gasteiger partial charge on any atom is 0.0449 e. The van der Waals surface area contributed by atoms with Gasteiger partial charge in [0, 0.05) is 25.2 Å². The van der Waals surface area contributed by atoms with Gasteiger partial charge in [0.15, 0.2) is 0 Å². The van der Waals surface area contributed by atoms with Gasteiger partial charge in [0.25, 0.3) is 0 Å². The summed E-state index contributed by atoms with van der Waals surface area (Å²) in [5, 5.41) is 3.73. The van der Waals surface area contributed by atoms with E-state index >= 15 is 0 Å². The monoisotopic (exact) mass is 258 g/mol. The zero-order valence-corrected chi connectivity index (χ0v) is 12.0. The summed E-state index contributed by atoms with van der Waals surface area (Å²) in [6.07, 6.45) is 5.63. The Morgan fingerprint density at radius 1 is 1.21 bits per heavy atom. The van der Waals surface area contributed by atoms with E-state index in [9.17, 15) is 0 Å². The molecular weight excluding hydrogens is 232 g/mol. The first kappa shape index (κ1) is 13.1. The molecule has 0 bridgehead atoms. The molecule has 1 aliphatic heterocycles. The molecule has 1 saturated carbocycles. The summed E-state index contributed by atoms with van der Waals surface area (Å²) >= 11 is 0. The molecule has 0 radical (unpaired) electrons. The van der Waals surface area contributed by atoms with Gasteiger partial charge >= 0.3 is 0 Å². The number of piperazine rings is 1. The molecule has 0 aromatic heterocycles. The van der Waals surface area contributed by atoms with Gasteiger partial charge in [-0.15, -0.1) is 0 Å². The lowest BCUT2D eigenvalue weighted by Gasteiger charge is -2.40. The van der Waals surface area contributed by atoms with Gasteiger partial charge in [-0.2, -0.15) is 0 Å². The largest absolute Gasteiger partial charge is 0.307 e. The Morgan fingerprint density at radius 2 is 2.00 bits per heavy atom. The minimum atomic E-state index is 0.517. The molecule has 1 aromatic carbocycles. The van der Waals surface area contributed by atoms with Crippen LogP contribution in [0.4, 0.5) is 0 Å².